The highest BCUT2D eigenvalue weighted by atomic mass is 35.5. The third-order valence-electron chi connectivity index (χ3n) is 4.30. The highest BCUT2D eigenvalue weighted by molar-refractivity contribution is 6.35. The van der Waals surface area contributed by atoms with E-state index in [9.17, 15) is 4.79 Å². The number of hydrogen-bond donors (Lipinski definition) is 0. The first-order valence-corrected chi connectivity index (χ1v) is 9.06. The van der Waals surface area contributed by atoms with Crippen LogP contribution in [0.2, 0.25) is 10.0 Å². The van der Waals surface area contributed by atoms with Crippen molar-refractivity contribution < 1.29 is 4.79 Å². The van der Waals surface area contributed by atoms with Gasteiger partial charge in [-0.1, -0.05) is 59.6 Å². The van der Waals surface area contributed by atoms with Crippen molar-refractivity contribution in [2.45, 2.75) is 6.54 Å². The van der Waals surface area contributed by atoms with Crippen LogP contribution < -0.4 is 0 Å². The fourth-order valence-corrected chi connectivity index (χ4v) is 3.34. The minimum atomic E-state index is 0.0189. The zero-order valence-electron chi connectivity index (χ0n) is 13.9. The molecule has 1 aliphatic rings. The van der Waals surface area contributed by atoms with Crippen LogP contribution in [0.15, 0.2) is 54.6 Å². The lowest BCUT2D eigenvalue weighted by molar-refractivity contribution is -0.127. The number of rotatable bonds is 4. The van der Waals surface area contributed by atoms with E-state index in [4.69, 9.17) is 23.2 Å². The van der Waals surface area contributed by atoms with Crippen molar-refractivity contribution >= 4 is 35.2 Å². The van der Waals surface area contributed by atoms with E-state index in [1.54, 1.807) is 24.3 Å². The van der Waals surface area contributed by atoms with Crippen molar-refractivity contribution in [1.82, 2.24) is 9.80 Å². The number of nitrogens with zero attached hydrogens (tertiary/aromatic N) is 2. The van der Waals surface area contributed by atoms with Gasteiger partial charge in [-0.05, 0) is 29.3 Å². The van der Waals surface area contributed by atoms with Gasteiger partial charge in [-0.15, -0.1) is 0 Å². The molecule has 130 valence electrons. The molecule has 0 atom stereocenters. The van der Waals surface area contributed by atoms with E-state index < -0.39 is 0 Å². The second-order valence-electron chi connectivity index (χ2n) is 6.09. The molecule has 25 heavy (non-hydrogen) atoms. The number of carbonyl (C=O) groups excluding carboxylic acids is 1. The Morgan fingerprint density at radius 1 is 1.00 bits per heavy atom. The van der Waals surface area contributed by atoms with E-state index >= 15 is 0 Å². The predicted octanol–water partition coefficient (Wildman–Crippen LogP) is 4.35. The third kappa shape index (κ3) is 5.08. The average Bonchev–Trinajstić information content (AvgIpc) is 2.62. The van der Waals surface area contributed by atoms with Gasteiger partial charge in [-0.25, -0.2) is 0 Å². The normalized spacial score (nSPS) is 15.7. The number of halogens is 2. The molecular formula is C20H20Cl2N2O. The van der Waals surface area contributed by atoms with Crippen molar-refractivity contribution in [3.8, 4) is 0 Å². The summed E-state index contributed by atoms with van der Waals surface area (Å²) in [5.74, 6) is 0.0189. The molecule has 0 unspecified atom stereocenters. The van der Waals surface area contributed by atoms with Gasteiger partial charge >= 0.3 is 0 Å². The van der Waals surface area contributed by atoms with Crippen LogP contribution in [-0.2, 0) is 11.3 Å². The Bertz CT molecular complexity index is 754. The standard InChI is InChI=1S/C20H20Cl2N2O/c21-18-8-6-17(19(22)14-18)7-9-20(25)24-12-10-23(11-13-24)15-16-4-2-1-3-5-16/h1-9,14H,10-13,15H2. The molecule has 0 saturated carbocycles. The van der Waals surface area contributed by atoms with Crippen molar-refractivity contribution in [3.63, 3.8) is 0 Å². The van der Waals surface area contributed by atoms with Crippen LogP contribution in [-0.4, -0.2) is 41.9 Å². The summed E-state index contributed by atoms with van der Waals surface area (Å²) in [5.41, 5.74) is 2.10. The molecule has 0 aliphatic carbocycles. The SMILES string of the molecule is O=C(C=Cc1ccc(Cl)cc1Cl)N1CCN(Cc2ccccc2)CC1. The Kier molecular flexibility index (Phi) is 6.14. The Labute approximate surface area is 158 Å². The highest BCUT2D eigenvalue weighted by Crippen LogP contribution is 2.22. The fraction of sp³-hybridized carbons (Fsp3) is 0.250. The molecule has 0 radical (unpaired) electrons. The van der Waals surface area contributed by atoms with Gasteiger partial charge in [0.1, 0.15) is 0 Å². The molecule has 1 amide bonds. The molecule has 1 aliphatic heterocycles. The fourth-order valence-electron chi connectivity index (χ4n) is 2.87. The lowest BCUT2D eigenvalue weighted by Crippen LogP contribution is -2.47. The summed E-state index contributed by atoms with van der Waals surface area (Å²) in [6.07, 6.45) is 3.33. The van der Waals surface area contributed by atoms with E-state index in [0.29, 0.717) is 10.0 Å². The molecule has 1 fully saturated rings. The average molecular weight is 375 g/mol. The zero-order chi connectivity index (χ0) is 17.6. The van der Waals surface area contributed by atoms with Crippen LogP contribution >= 0.6 is 23.2 Å². The van der Waals surface area contributed by atoms with Crippen molar-refractivity contribution in [2.75, 3.05) is 26.2 Å². The molecule has 5 heteroatoms. The summed E-state index contributed by atoms with van der Waals surface area (Å²) in [5, 5.41) is 1.13. The van der Waals surface area contributed by atoms with E-state index in [2.05, 4.69) is 29.2 Å². The van der Waals surface area contributed by atoms with Gasteiger partial charge in [0.15, 0.2) is 0 Å². The highest BCUT2D eigenvalue weighted by Gasteiger charge is 2.19. The minimum absolute atomic E-state index is 0.0189. The molecule has 1 saturated heterocycles. The molecule has 0 bridgehead atoms. The van der Waals surface area contributed by atoms with Gasteiger partial charge in [0.05, 0.1) is 0 Å². The Balaban J connectivity index is 1.52. The Morgan fingerprint density at radius 2 is 1.72 bits per heavy atom. The summed E-state index contributed by atoms with van der Waals surface area (Å²) < 4.78 is 0. The van der Waals surface area contributed by atoms with Crippen LogP contribution in [0.4, 0.5) is 0 Å². The molecule has 0 spiro atoms. The lowest BCUT2D eigenvalue weighted by atomic mass is 10.2. The lowest BCUT2D eigenvalue weighted by Gasteiger charge is -2.34. The first-order valence-electron chi connectivity index (χ1n) is 8.30. The second kappa shape index (κ2) is 8.52. The van der Waals surface area contributed by atoms with Crippen LogP contribution in [0.25, 0.3) is 6.08 Å². The van der Waals surface area contributed by atoms with E-state index in [1.165, 1.54) is 5.56 Å². The number of hydrogen-bond acceptors (Lipinski definition) is 2. The minimum Gasteiger partial charge on any atom is -0.337 e. The van der Waals surface area contributed by atoms with Crippen molar-refractivity contribution in [2.24, 2.45) is 0 Å². The van der Waals surface area contributed by atoms with Gasteiger partial charge in [-0.3, -0.25) is 9.69 Å². The van der Waals surface area contributed by atoms with E-state index in [0.717, 1.165) is 38.3 Å². The topological polar surface area (TPSA) is 23.6 Å². The number of piperazine rings is 1. The molecule has 0 aromatic heterocycles. The number of benzene rings is 2. The molecule has 2 aromatic carbocycles. The molecular weight excluding hydrogens is 355 g/mol. The van der Waals surface area contributed by atoms with Gasteiger partial charge < -0.3 is 4.90 Å². The van der Waals surface area contributed by atoms with Gasteiger partial charge in [0.25, 0.3) is 0 Å². The second-order valence-corrected chi connectivity index (χ2v) is 6.93. The monoisotopic (exact) mass is 374 g/mol. The third-order valence-corrected chi connectivity index (χ3v) is 4.86. The summed E-state index contributed by atoms with van der Waals surface area (Å²) >= 11 is 12.0. The van der Waals surface area contributed by atoms with E-state index in [-0.39, 0.29) is 5.91 Å². The van der Waals surface area contributed by atoms with Gasteiger partial charge in [0.2, 0.25) is 5.91 Å². The maximum Gasteiger partial charge on any atom is 0.246 e. The smallest absolute Gasteiger partial charge is 0.246 e. The van der Waals surface area contributed by atoms with Crippen molar-refractivity contribution in [3.05, 3.63) is 75.8 Å². The molecule has 3 rings (SSSR count). The van der Waals surface area contributed by atoms with Crippen LogP contribution in [0.3, 0.4) is 0 Å². The van der Waals surface area contributed by atoms with Crippen LogP contribution in [0.5, 0.6) is 0 Å². The molecule has 2 aromatic rings. The van der Waals surface area contributed by atoms with Crippen LogP contribution in [0, 0.1) is 0 Å². The molecule has 0 N–H and O–H groups in total. The summed E-state index contributed by atoms with van der Waals surface area (Å²) in [4.78, 5) is 16.6. The Morgan fingerprint density at radius 3 is 2.40 bits per heavy atom. The Hall–Kier alpha value is -1.81. The quantitative estimate of drug-likeness (QED) is 0.742. The maximum atomic E-state index is 12.4. The largest absolute Gasteiger partial charge is 0.337 e. The number of carbonyl (C=O) groups is 1. The van der Waals surface area contributed by atoms with Crippen LogP contribution in [0.1, 0.15) is 11.1 Å². The maximum absolute atomic E-state index is 12.4. The molecule has 1 heterocycles. The van der Waals surface area contributed by atoms with E-state index in [1.807, 2.05) is 17.0 Å². The van der Waals surface area contributed by atoms with Gasteiger partial charge in [-0.2, -0.15) is 0 Å². The van der Waals surface area contributed by atoms with Crippen molar-refractivity contribution in [1.29, 1.82) is 0 Å². The number of amides is 1. The summed E-state index contributed by atoms with van der Waals surface area (Å²) in [6, 6.07) is 15.7. The predicted molar refractivity (Wildman–Crippen MR) is 104 cm³/mol. The first-order chi connectivity index (χ1) is 12.1. The summed E-state index contributed by atoms with van der Waals surface area (Å²) in [6.45, 7) is 4.18. The first kappa shape index (κ1) is 18.0. The van der Waals surface area contributed by atoms with Gasteiger partial charge in [0, 0.05) is 48.8 Å². The summed E-state index contributed by atoms with van der Waals surface area (Å²) in [7, 11) is 0. The molecule has 3 nitrogen and oxygen atoms in total. The zero-order valence-corrected chi connectivity index (χ0v) is 15.4.